The first-order valence-corrected chi connectivity index (χ1v) is 5.71. The fourth-order valence-corrected chi connectivity index (χ4v) is 2.28. The van der Waals surface area contributed by atoms with Crippen molar-refractivity contribution in [1.29, 1.82) is 0 Å². The first kappa shape index (κ1) is 11.6. The van der Waals surface area contributed by atoms with E-state index in [1.165, 1.54) is 5.56 Å². The van der Waals surface area contributed by atoms with E-state index in [9.17, 15) is 10.2 Å². The van der Waals surface area contributed by atoms with Gasteiger partial charge in [0, 0.05) is 24.5 Å². The van der Waals surface area contributed by atoms with Crippen LogP contribution in [0.15, 0.2) is 30.3 Å². The second kappa shape index (κ2) is 4.53. The summed E-state index contributed by atoms with van der Waals surface area (Å²) >= 11 is 0. The quantitative estimate of drug-likeness (QED) is 0.798. The van der Waals surface area contributed by atoms with Gasteiger partial charge in [-0.05, 0) is 12.5 Å². The number of likely N-dealkylation sites (tertiary alicyclic amines) is 1. The molecule has 0 radical (unpaired) electrons. The Morgan fingerprint density at radius 2 is 1.75 bits per heavy atom. The zero-order valence-electron chi connectivity index (χ0n) is 9.63. The number of hydrogen-bond donors (Lipinski definition) is 2. The fourth-order valence-electron chi connectivity index (χ4n) is 2.28. The van der Waals surface area contributed by atoms with Crippen LogP contribution in [0.4, 0.5) is 0 Å². The minimum Gasteiger partial charge on any atom is -0.396 e. The average Bonchev–Trinajstić information content (AvgIpc) is 2.30. The second-order valence-electron chi connectivity index (χ2n) is 4.81. The molecule has 0 spiro atoms. The normalized spacial score (nSPS) is 21.4. The summed E-state index contributed by atoms with van der Waals surface area (Å²) in [6.45, 7) is 3.85. The van der Waals surface area contributed by atoms with Gasteiger partial charge in [0.2, 0.25) is 0 Å². The van der Waals surface area contributed by atoms with Crippen LogP contribution >= 0.6 is 0 Å². The molecule has 1 heterocycles. The number of benzene rings is 1. The second-order valence-corrected chi connectivity index (χ2v) is 4.81. The molecule has 1 fully saturated rings. The first-order valence-electron chi connectivity index (χ1n) is 5.71. The van der Waals surface area contributed by atoms with Gasteiger partial charge in [0.15, 0.2) is 0 Å². The van der Waals surface area contributed by atoms with Crippen LogP contribution in [-0.4, -0.2) is 41.4 Å². The Morgan fingerprint density at radius 1 is 1.19 bits per heavy atom. The van der Waals surface area contributed by atoms with Gasteiger partial charge in [-0.15, -0.1) is 0 Å². The molecule has 1 aromatic rings. The van der Waals surface area contributed by atoms with Crippen LogP contribution in [0.2, 0.25) is 0 Å². The summed E-state index contributed by atoms with van der Waals surface area (Å²) in [7, 11) is 0. The molecule has 3 nitrogen and oxygen atoms in total. The van der Waals surface area contributed by atoms with Crippen molar-refractivity contribution in [3.05, 3.63) is 35.9 Å². The molecule has 0 unspecified atom stereocenters. The summed E-state index contributed by atoms with van der Waals surface area (Å²) in [6.07, 6.45) is 0. The van der Waals surface area contributed by atoms with Gasteiger partial charge in [0.05, 0.1) is 13.2 Å². The summed E-state index contributed by atoms with van der Waals surface area (Å²) < 4.78 is 0. The van der Waals surface area contributed by atoms with E-state index in [4.69, 9.17) is 0 Å². The summed E-state index contributed by atoms with van der Waals surface area (Å²) in [5.41, 5.74) is 1.01. The molecule has 1 aromatic carbocycles. The lowest BCUT2D eigenvalue weighted by atomic mass is 9.80. The molecule has 2 N–H and O–H groups in total. The molecule has 88 valence electrons. The highest BCUT2D eigenvalue weighted by Gasteiger charge is 2.43. The smallest absolute Gasteiger partial charge is 0.0534 e. The monoisotopic (exact) mass is 221 g/mol. The van der Waals surface area contributed by atoms with Crippen LogP contribution in [0.25, 0.3) is 0 Å². The zero-order valence-corrected chi connectivity index (χ0v) is 9.63. The average molecular weight is 221 g/mol. The maximum absolute atomic E-state index is 9.22. The highest BCUT2D eigenvalue weighted by atomic mass is 16.3. The van der Waals surface area contributed by atoms with Gasteiger partial charge < -0.3 is 10.2 Å². The van der Waals surface area contributed by atoms with Crippen molar-refractivity contribution in [2.75, 3.05) is 26.3 Å². The van der Waals surface area contributed by atoms with Gasteiger partial charge in [-0.1, -0.05) is 30.3 Å². The van der Waals surface area contributed by atoms with Crippen molar-refractivity contribution in [2.45, 2.75) is 13.0 Å². The minimum atomic E-state index is -0.275. The molecule has 0 amide bonds. The van der Waals surface area contributed by atoms with E-state index in [0.717, 1.165) is 13.1 Å². The SMILES string of the molecule is C[C@H](c1ccccc1)N1CC(CO)(CO)C1. The molecule has 1 atom stereocenters. The fraction of sp³-hybridized carbons (Fsp3) is 0.538. The molecule has 2 rings (SSSR count). The Kier molecular flexibility index (Phi) is 3.28. The van der Waals surface area contributed by atoms with E-state index in [-0.39, 0.29) is 18.6 Å². The molecule has 1 aliphatic rings. The maximum atomic E-state index is 9.22. The molecule has 0 aliphatic carbocycles. The molecule has 1 aliphatic heterocycles. The van der Waals surface area contributed by atoms with E-state index in [2.05, 4.69) is 24.0 Å². The van der Waals surface area contributed by atoms with Crippen molar-refractivity contribution in [3.63, 3.8) is 0 Å². The summed E-state index contributed by atoms with van der Waals surface area (Å²) in [6, 6.07) is 10.7. The lowest BCUT2D eigenvalue weighted by Gasteiger charge is -2.51. The Labute approximate surface area is 96.3 Å². The Hall–Kier alpha value is -0.900. The molecule has 1 saturated heterocycles. The molecule has 3 heteroatoms. The highest BCUT2D eigenvalue weighted by Crippen LogP contribution is 2.35. The predicted octanol–water partition coefficient (Wildman–Crippen LogP) is 1.03. The van der Waals surface area contributed by atoms with Crippen molar-refractivity contribution in [1.82, 2.24) is 4.90 Å². The number of aliphatic hydroxyl groups excluding tert-OH is 2. The number of rotatable bonds is 4. The van der Waals surface area contributed by atoms with E-state index < -0.39 is 0 Å². The highest BCUT2D eigenvalue weighted by molar-refractivity contribution is 5.19. The van der Waals surface area contributed by atoms with Crippen molar-refractivity contribution >= 4 is 0 Å². The largest absolute Gasteiger partial charge is 0.396 e. The summed E-state index contributed by atoms with van der Waals surface area (Å²) in [4.78, 5) is 2.28. The van der Waals surface area contributed by atoms with Crippen LogP contribution in [0.5, 0.6) is 0 Å². The Bertz CT molecular complexity index is 327. The van der Waals surface area contributed by atoms with Gasteiger partial charge in [0.25, 0.3) is 0 Å². The molecule has 0 saturated carbocycles. The minimum absolute atomic E-state index is 0.0709. The third kappa shape index (κ3) is 1.98. The Morgan fingerprint density at radius 3 is 2.25 bits per heavy atom. The van der Waals surface area contributed by atoms with Crippen LogP contribution in [0.1, 0.15) is 18.5 Å². The van der Waals surface area contributed by atoms with Crippen molar-refractivity contribution in [3.8, 4) is 0 Å². The zero-order chi connectivity index (χ0) is 11.6. The first-order chi connectivity index (χ1) is 7.71. The standard InChI is InChI=1S/C13H19NO2/c1-11(12-5-3-2-4-6-12)14-7-13(8-14,9-15)10-16/h2-6,11,15-16H,7-10H2,1H3/t11-/m1/s1. The third-order valence-corrected chi connectivity index (χ3v) is 3.58. The van der Waals surface area contributed by atoms with Crippen LogP contribution in [0.3, 0.4) is 0 Å². The third-order valence-electron chi connectivity index (χ3n) is 3.58. The molecule has 16 heavy (non-hydrogen) atoms. The topological polar surface area (TPSA) is 43.7 Å². The lowest BCUT2D eigenvalue weighted by Crippen LogP contribution is -2.60. The van der Waals surface area contributed by atoms with Gasteiger partial charge >= 0.3 is 0 Å². The number of hydrogen-bond acceptors (Lipinski definition) is 3. The summed E-state index contributed by atoms with van der Waals surface area (Å²) in [5, 5.41) is 18.4. The lowest BCUT2D eigenvalue weighted by molar-refractivity contribution is -0.0915. The van der Waals surface area contributed by atoms with Gasteiger partial charge in [-0.3, -0.25) is 4.90 Å². The number of aliphatic hydroxyl groups is 2. The van der Waals surface area contributed by atoms with Crippen LogP contribution in [-0.2, 0) is 0 Å². The number of nitrogens with zero attached hydrogens (tertiary/aromatic N) is 1. The van der Waals surface area contributed by atoms with Crippen LogP contribution < -0.4 is 0 Å². The van der Waals surface area contributed by atoms with E-state index in [1.54, 1.807) is 0 Å². The van der Waals surface area contributed by atoms with Crippen molar-refractivity contribution in [2.24, 2.45) is 5.41 Å². The van der Waals surface area contributed by atoms with E-state index in [0.29, 0.717) is 6.04 Å². The van der Waals surface area contributed by atoms with Gasteiger partial charge in [-0.25, -0.2) is 0 Å². The maximum Gasteiger partial charge on any atom is 0.0534 e. The van der Waals surface area contributed by atoms with E-state index in [1.807, 2.05) is 18.2 Å². The molecule has 0 bridgehead atoms. The Balaban J connectivity index is 1.97. The van der Waals surface area contributed by atoms with E-state index >= 15 is 0 Å². The van der Waals surface area contributed by atoms with Crippen LogP contribution in [0, 0.1) is 5.41 Å². The molecule has 0 aromatic heterocycles. The van der Waals surface area contributed by atoms with Crippen molar-refractivity contribution < 1.29 is 10.2 Å². The van der Waals surface area contributed by atoms with Gasteiger partial charge in [-0.2, -0.15) is 0 Å². The molecular weight excluding hydrogens is 202 g/mol. The van der Waals surface area contributed by atoms with Gasteiger partial charge in [0.1, 0.15) is 0 Å². The predicted molar refractivity (Wildman–Crippen MR) is 63.0 cm³/mol. The molecular formula is C13H19NO2. The summed E-state index contributed by atoms with van der Waals surface area (Å²) in [5.74, 6) is 0.